The van der Waals surface area contributed by atoms with E-state index in [4.69, 9.17) is 0 Å². The monoisotopic (exact) mass is 484 g/mol. The summed E-state index contributed by atoms with van der Waals surface area (Å²) in [6.45, 7) is 2.00. The van der Waals surface area contributed by atoms with Crippen molar-refractivity contribution in [3.8, 4) is 0 Å². The summed E-state index contributed by atoms with van der Waals surface area (Å²) in [7, 11) is 0. The summed E-state index contributed by atoms with van der Waals surface area (Å²) in [5.41, 5.74) is 5.40. The predicted molar refractivity (Wildman–Crippen MR) is 132 cm³/mol. The van der Waals surface area contributed by atoms with Crippen molar-refractivity contribution in [2.24, 2.45) is 0 Å². The summed E-state index contributed by atoms with van der Waals surface area (Å²) in [6.07, 6.45) is 3.77. The largest absolute Gasteiger partial charge is 0.339 e. The lowest BCUT2D eigenvalue weighted by molar-refractivity contribution is 0.102. The Morgan fingerprint density at radius 2 is 1.81 bits per heavy atom. The van der Waals surface area contributed by atoms with Gasteiger partial charge < -0.3 is 10.6 Å². The fourth-order valence-corrected chi connectivity index (χ4v) is 4.13. The molecule has 0 radical (unpaired) electrons. The summed E-state index contributed by atoms with van der Waals surface area (Å²) in [5, 5.41) is 11.0. The molecule has 0 aliphatic carbocycles. The van der Waals surface area contributed by atoms with Crippen molar-refractivity contribution in [3.63, 3.8) is 0 Å². The van der Waals surface area contributed by atoms with Gasteiger partial charge in [0.2, 0.25) is 0 Å². The van der Waals surface area contributed by atoms with Crippen LogP contribution in [0.5, 0.6) is 0 Å². The molecule has 5 rings (SSSR count). The topological polar surface area (TPSA) is 59.0 Å². The van der Waals surface area contributed by atoms with Gasteiger partial charge in [0.1, 0.15) is 11.4 Å². The molecule has 1 aromatic heterocycles. The molecule has 4 aromatic rings. The van der Waals surface area contributed by atoms with Gasteiger partial charge in [0, 0.05) is 15.9 Å². The second-order valence-electron chi connectivity index (χ2n) is 7.74. The average molecular weight is 485 g/mol. The SMILES string of the molecule is Cc1cccc(NC(=O)c2cnn3c2NC(c2ccc(Br)cc2)=CC3c2ccccc2)c1. The van der Waals surface area contributed by atoms with Gasteiger partial charge in [-0.05, 0) is 54.0 Å². The molecule has 0 saturated heterocycles. The molecular weight excluding hydrogens is 464 g/mol. The first-order valence-electron chi connectivity index (χ1n) is 10.3. The Labute approximate surface area is 194 Å². The summed E-state index contributed by atoms with van der Waals surface area (Å²) in [5.74, 6) is 0.470. The van der Waals surface area contributed by atoms with Crippen LogP contribution in [0.4, 0.5) is 11.5 Å². The van der Waals surface area contributed by atoms with Gasteiger partial charge in [-0.25, -0.2) is 4.68 Å². The van der Waals surface area contributed by atoms with Crippen LogP contribution in [0.1, 0.15) is 33.1 Å². The van der Waals surface area contributed by atoms with Gasteiger partial charge in [-0.3, -0.25) is 4.79 Å². The van der Waals surface area contributed by atoms with Crippen LogP contribution in [-0.2, 0) is 0 Å². The number of halogens is 1. The number of hydrogen-bond acceptors (Lipinski definition) is 3. The van der Waals surface area contributed by atoms with Gasteiger partial charge in [0.25, 0.3) is 5.91 Å². The standard InChI is InChI=1S/C26H21BrN4O/c1-17-6-5-9-21(14-17)29-26(32)22-16-28-31-24(19-7-3-2-4-8-19)15-23(30-25(22)31)18-10-12-20(27)13-11-18/h2-16,24,30H,1H3,(H,29,32). The summed E-state index contributed by atoms with van der Waals surface area (Å²) in [4.78, 5) is 13.2. The number of nitrogens with one attached hydrogen (secondary N) is 2. The van der Waals surface area contributed by atoms with Gasteiger partial charge in [0.15, 0.2) is 0 Å². The molecule has 0 bridgehead atoms. The van der Waals surface area contributed by atoms with Gasteiger partial charge in [-0.1, -0.05) is 70.5 Å². The molecule has 0 fully saturated rings. The number of carbonyl (C=O) groups excluding carboxylic acids is 1. The maximum absolute atomic E-state index is 13.2. The number of anilines is 2. The first kappa shape index (κ1) is 20.3. The molecule has 3 aromatic carbocycles. The summed E-state index contributed by atoms with van der Waals surface area (Å²) >= 11 is 3.50. The number of carbonyl (C=O) groups is 1. The highest BCUT2D eigenvalue weighted by Crippen LogP contribution is 2.35. The fraction of sp³-hybridized carbons (Fsp3) is 0.0769. The zero-order chi connectivity index (χ0) is 22.1. The third kappa shape index (κ3) is 3.97. The number of amides is 1. The Hall–Kier alpha value is -3.64. The number of rotatable bonds is 4. The number of hydrogen-bond donors (Lipinski definition) is 2. The number of benzene rings is 3. The lowest BCUT2D eigenvalue weighted by atomic mass is 10.0. The first-order valence-corrected chi connectivity index (χ1v) is 11.1. The van der Waals surface area contributed by atoms with E-state index in [1.165, 1.54) is 0 Å². The van der Waals surface area contributed by atoms with Crippen molar-refractivity contribution >= 4 is 39.0 Å². The van der Waals surface area contributed by atoms with Crippen LogP contribution >= 0.6 is 15.9 Å². The molecule has 2 N–H and O–H groups in total. The van der Waals surface area contributed by atoms with E-state index in [2.05, 4.69) is 49.9 Å². The van der Waals surface area contributed by atoms with Crippen LogP contribution in [0.25, 0.3) is 5.70 Å². The van der Waals surface area contributed by atoms with Crippen LogP contribution in [-0.4, -0.2) is 15.7 Å². The first-order chi connectivity index (χ1) is 15.6. The summed E-state index contributed by atoms with van der Waals surface area (Å²) in [6, 6.07) is 25.9. The van der Waals surface area contributed by atoms with Crippen molar-refractivity contribution in [1.82, 2.24) is 9.78 Å². The van der Waals surface area contributed by atoms with E-state index in [9.17, 15) is 4.79 Å². The van der Waals surface area contributed by atoms with E-state index in [1.807, 2.05) is 78.3 Å². The minimum absolute atomic E-state index is 0.133. The van der Waals surface area contributed by atoms with Crippen LogP contribution in [0.15, 0.2) is 95.6 Å². The number of aryl methyl sites for hydroxylation is 1. The molecule has 1 aliphatic rings. The van der Waals surface area contributed by atoms with E-state index >= 15 is 0 Å². The highest BCUT2D eigenvalue weighted by molar-refractivity contribution is 9.10. The van der Waals surface area contributed by atoms with Gasteiger partial charge >= 0.3 is 0 Å². The molecule has 158 valence electrons. The maximum Gasteiger partial charge on any atom is 0.261 e. The second kappa shape index (κ2) is 8.48. The van der Waals surface area contributed by atoms with Crippen molar-refractivity contribution in [2.45, 2.75) is 13.0 Å². The Kier molecular flexibility index (Phi) is 5.37. The minimum atomic E-state index is -0.201. The zero-order valence-electron chi connectivity index (χ0n) is 17.4. The lowest BCUT2D eigenvalue weighted by Gasteiger charge is -2.26. The number of allylic oxidation sites excluding steroid dienone is 1. The van der Waals surface area contributed by atoms with Crippen molar-refractivity contribution < 1.29 is 4.79 Å². The molecule has 32 heavy (non-hydrogen) atoms. The quantitative estimate of drug-likeness (QED) is 0.359. The number of nitrogens with zero attached hydrogens (tertiary/aromatic N) is 2. The smallest absolute Gasteiger partial charge is 0.261 e. The van der Waals surface area contributed by atoms with Crippen LogP contribution < -0.4 is 10.6 Å². The Balaban J connectivity index is 1.55. The molecule has 1 aliphatic heterocycles. The fourth-order valence-electron chi connectivity index (χ4n) is 3.87. The molecule has 0 spiro atoms. The molecule has 5 nitrogen and oxygen atoms in total. The Morgan fingerprint density at radius 1 is 1.03 bits per heavy atom. The maximum atomic E-state index is 13.2. The molecule has 1 amide bonds. The molecule has 6 heteroatoms. The lowest BCUT2D eigenvalue weighted by Crippen LogP contribution is -2.22. The van der Waals surface area contributed by atoms with E-state index < -0.39 is 0 Å². The Morgan fingerprint density at radius 3 is 2.56 bits per heavy atom. The normalized spacial score (nSPS) is 14.8. The van der Waals surface area contributed by atoms with E-state index in [1.54, 1.807) is 6.20 Å². The molecule has 1 unspecified atom stereocenters. The highest BCUT2D eigenvalue weighted by atomic mass is 79.9. The van der Waals surface area contributed by atoms with Crippen molar-refractivity contribution in [1.29, 1.82) is 0 Å². The second-order valence-corrected chi connectivity index (χ2v) is 8.66. The molecule has 2 heterocycles. The van der Waals surface area contributed by atoms with Crippen molar-refractivity contribution in [2.75, 3.05) is 10.6 Å². The summed E-state index contributed by atoms with van der Waals surface area (Å²) < 4.78 is 2.88. The predicted octanol–water partition coefficient (Wildman–Crippen LogP) is 6.26. The van der Waals surface area contributed by atoms with Crippen LogP contribution in [0.2, 0.25) is 0 Å². The molecular formula is C26H21BrN4O. The molecule has 1 atom stereocenters. The van der Waals surface area contributed by atoms with E-state index in [-0.39, 0.29) is 11.9 Å². The van der Waals surface area contributed by atoms with Crippen molar-refractivity contribution in [3.05, 3.63) is 118 Å². The Bertz CT molecular complexity index is 1310. The average Bonchev–Trinajstić information content (AvgIpc) is 3.24. The van der Waals surface area contributed by atoms with Crippen LogP contribution in [0.3, 0.4) is 0 Å². The van der Waals surface area contributed by atoms with E-state index in [0.29, 0.717) is 11.4 Å². The van der Waals surface area contributed by atoms with E-state index in [0.717, 1.165) is 32.5 Å². The number of fused-ring (bicyclic) bond motifs is 1. The third-order valence-electron chi connectivity index (χ3n) is 5.45. The highest BCUT2D eigenvalue weighted by Gasteiger charge is 2.27. The van der Waals surface area contributed by atoms with Gasteiger partial charge in [-0.2, -0.15) is 5.10 Å². The molecule has 0 saturated carbocycles. The number of aromatic nitrogens is 2. The zero-order valence-corrected chi connectivity index (χ0v) is 19.0. The third-order valence-corrected chi connectivity index (χ3v) is 5.98. The van der Waals surface area contributed by atoms with Gasteiger partial charge in [-0.15, -0.1) is 0 Å². The minimum Gasteiger partial charge on any atom is -0.339 e. The van der Waals surface area contributed by atoms with Crippen LogP contribution in [0, 0.1) is 6.92 Å². The van der Waals surface area contributed by atoms with Gasteiger partial charge in [0.05, 0.1) is 12.2 Å².